The van der Waals surface area contributed by atoms with Crippen LogP contribution in [0.1, 0.15) is 36.0 Å². The lowest BCUT2D eigenvalue weighted by atomic mass is 9.88. The number of para-hydroxylation sites is 1. The normalized spacial score (nSPS) is 14.8. The van der Waals surface area contributed by atoms with Crippen LogP contribution >= 0.6 is 0 Å². The van der Waals surface area contributed by atoms with Gasteiger partial charge in [-0.1, -0.05) is 30.3 Å². The van der Waals surface area contributed by atoms with E-state index in [1.807, 2.05) is 19.1 Å². The van der Waals surface area contributed by atoms with Crippen molar-refractivity contribution in [2.45, 2.75) is 38.6 Å². The molecule has 122 valence electrons. The fraction of sp³-hybridized carbons (Fsp3) is 0.286. The summed E-state index contributed by atoms with van der Waals surface area (Å²) in [4.78, 5) is 0. The van der Waals surface area contributed by atoms with Crippen LogP contribution in [-0.4, -0.2) is 10.3 Å². The van der Waals surface area contributed by atoms with E-state index in [0.29, 0.717) is 5.71 Å². The molecule has 2 nitrogen and oxygen atoms in total. The maximum atomic E-state index is 13.2. The lowest BCUT2D eigenvalue weighted by Gasteiger charge is -2.16. The minimum atomic E-state index is -0.214. The molecule has 0 saturated carbocycles. The van der Waals surface area contributed by atoms with Gasteiger partial charge >= 0.3 is 0 Å². The number of aromatic nitrogens is 1. The van der Waals surface area contributed by atoms with Gasteiger partial charge in [0.25, 0.3) is 0 Å². The molecule has 3 aromatic rings. The number of halogens is 1. The molecule has 0 amide bonds. The van der Waals surface area contributed by atoms with E-state index in [2.05, 4.69) is 29.0 Å². The third kappa shape index (κ3) is 2.54. The van der Waals surface area contributed by atoms with Gasteiger partial charge in [-0.05, 0) is 55.0 Å². The first-order valence-corrected chi connectivity index (χ1v) is 8.53. The Morgan fingerprint density at radius 1 is 1.21 bits per heavy atom. The van der Waals surface area contributed by atoms with Crippen LogP contribution in [-0.2, 0) is 19.4 Å². The number of hydrogen-bond donors (Lipinski definition) is 1. The molecular formula is C21H21FN2. The van der Waals surface area contributed by atoms with Crippen molar-refractivity contribution in [2.75, 3.05) is 0 Å². The number of nitrogens with one attached hydrogen (secondary N) is 1. The second-order valence-corrected chi connectivity index (χ2v) is 6.76. The summed E-state index contributed by atoms with van der Waals surface area (Å²) in [5.41, 5.74) is 5.70. The van der Waals surface area contributed by atoms with E-state index in [0.717, 1.165) is 24.9 Å². The molecule has 1 aromatic heterocycles. The van der Waals surface area contributed by atoms with Crippen molar-refractivity contribution in [2.24, 2.45) is 0 Å². The minimum absolute atomic E-state index is 0.0348. The van der Waals surface area contributed by atoms with Crippen molar-refractivity contribution in [1.82, 2.24) is 4.57 Å². The van der Waals surface area contributed by atoms with Crippen LogP contribution in [0.2, 0.25) is 0 Å². The average molecular weight is 320 g/mol. The second kappa shape index (κ2) is 5.90. The van der Waals surface area contributed by atoms with Gasteiger partial charge in [0.2, 0.25) is 0 Å². The standard InChI is InChI=1S/C21H21FN2/c1-14(23)19(12-15-7-9-17(22)10-8-15)20-13-24-11-3-5-16-4-2-6-18(20)21(16)24/h2,4,6-10,13,19,23H,3,5,11-12H2,1H3. The van der Waals surface area contributed by atoms with Crippen molar-refractivity contribution in [3.05, 3.63) is 71.2 Å². The average Bonchev–Trinajstić information content (AvgIpc) is 2.95. The van der Waals surface area contributed by atoms with E-state index < -0.39 is 0 Å². The molecule has 1 atom stereocenters. The predicted molar refractivity (Wildman–Crippen MR) is 96.5 cm³/mol. The summed E-state index contributed by atoms with van der Waals surface area (Å²) in [5.74, 6) is -0.179. The molecule has 0 aliphatic carbocycles. The fourth-order valence-corrected chi connectivity index (χ4v) is 3.91. The molecule has 24 heavy (non-hydrogen) atoms. The highest BCUT2D eigenvalue weighted by atomic mass is 19.1. The highest BCUT2D eigenvalue weighted by Crippen LogP contribution is 2.35. The quantitative estimate of drug-likeness (QED) is 0.649. The van der Waals surface area contributed by atoms with Crippen molar-refractivity contribution < 1.29 is 4.39 Å². The maximum absolute atomic E-state index is 13.2. The van der Waals surface area contributed by atoms with Crippen LogP contribution in [0.15, 0.2) is 48.7 Å². The zero-order valence-electron chi connectivity index (χ0n) is 13.8. The molecule has 0 fully saturated rings. The Hall–Kier alpha value is -2.42. The molecule has 2 aromatic carbocycles. The Balaban J connectivity index is 1.80. The minimum Gasteiger partial charge on any atom is -0.347 e. The van der Waals surface area contributed by atoms with Crippen LogP contribution in [0.25, 0.3) is 10.9 Å². The summed E-state index contributed by atoms with van der Waals surface area (Å²) < 4.78 is 15.5. The summed E-state index contributed by atoms with van der Waals surface area (Å²) in [6, 6.07) is 13.2. The van der Waals surface area contributed by atoms with Gasteiger partial charge in [0.15, 0.2) is 0 Å². The SMILES string of the molecule is CC(=N)C(Cc1ccc(F)cc1)c1cn2c3c(cccc13)CCC2. The van der Waals surface area contributed by atoms with E-state index in [-0.39, 0.29) is 11.7 Å². The Kier molecular flexibility index (Phi) is 3.72. The zero-order chi connectivity index (χ0) is 16.7. The van der Waals surface area contributed by atoms with Crippen molar-refractivity contribution in [1.29, 1.82) is 5.41 Å². The molecule has 0 spiro atoms. The van der Waals surface area contributed by atoms with Gasteiger partial charge in [-0.3, -0.25) is 0 Å². The van der Waals surface area contributed by atoms with Gasteiger partial charge in [0, 0.05) is 29.8 Å². The fourth-order valence-electron chi connectivity index (χ4n) is 3.91. The summed E-state index contributed by atoms with van der Waals surface area (Å²) in [5, 5.41) is 9.58. The molecular weight excluding hydrogens is 299 g/mol. The number of nitrogens with zero attached hydrogens (tertiary/aromatic N) is 1. The molecule has 1 aliphatic heterocycles. The molecule has 0 saturated heterocycles. The molecule has 1 unspecified atom stereocenters. The number of benzene rings is 2. The van der Waals surface area contributed by atoms with Crippen LogP contribution < -0.4 is 0 Å². The summed E-state index contributed by atoms with van der Waals surface area (Å²) in [6.45, 7) is 2.93. The lowest BCUT2D eigenvalue weighted by Crippen LogP contribution is -2.11. The predicted octanol–water partition coefficient (Wildman–Crippen LogP) is 5.09. The van der Waals surface area contributed by atoms with Gasteiger partial charge < -0.3 is 9.98 Å². The Bertz CT molecular complexity index is 905. The van der Waals surface area contributed by atoms with E-state index >= 15 is 0 Å². The van der Waals surface area contributed by atoms with Crippen LogP contribution in [0.5, 0.6) is 0 Å². The highest BCUT2D eigenvalue weighted by Gasteiger charge is 2.23. The van der Waals surface area contributed by atoms with Crippen molar-refractivity contribution in [3.63, 3.8) is 0 Å². The maximum Gasteiger partial charge on any atom is 0.123 e. The third-order valence-corrected chi connectivity index (χ3v) is 5.11. The molecule has 1 aliphatic rings. The van der Waals surface area contributed by atoms with Crippen molar-refractivity contribution >= 4 is 16.6 Å². The van der Waals surface area contributed by atoms with Gasteiger partial charge in [-0.25, -0.2) is 4.39 Å². The molecule has 2 heterocycles. The van der Waals surface area contributed by atoms with E-state index in [9.17, 15) is 4.39 Å². The number of aryl methyl sites for hydroxylation is 2. The van der Waals surface area contributed by atoms with Gasteiger partial charge in [-0.2, -0.15) is 0 Å². The third-order valence-electron chi connectivity index (χ3n) is 5.11. The molecule has 0 radical (unpaired) electrons. The van der Waals surface area contributed by atoms with Crippen molar-refractivity contribution in [3.8, 4) is 0 Å². The molecule has 0 bridgehead atoms. The van der Waals surface area contributed by atoms with E-state index in [1.165, 1.54) is 40.6 Å². The van der Waals surface area contributed by atoms with Gasteiger partial charge in [0.05, 0.1) is 5.52 Å². The zero-order valence-corrected chi connectivity index (χ0v) is 13.8. The van der Waals surface area contributed by atoms with E-state index in [1.54, 1.807) is 0 Å². The number of rotatable bonds is 4. The largest absolute Gasteiger partial charge is 0.347 e. The summed E-state index contributed by atoms with van der Waals surface area (Å²) in [7, 11) is 0. The lowest BCUT2D eigenvalue weighted by molar-refractivity contribution is 0.626. The second-order valence-electron chi connectivity index (χ2n) is 6.76. The monoisotopic (exact) mass is 320 g/mol. The first-order valence-electron chi connectivity index (χ1n) is 8.53. The number of hydrogen-bond acceptors (Lipinski definition) is 1. The smallest absolute Gasteiger partial charge is 0.123 e. The first kappa shape index (κ1) is 15.1. The Morgan fingerprint density at radius 2 is 2.00 bits per heavy atom. The highest BCUT2D eigenvalue weighted by molar-refractivity contribution is 5.95. The Morgan fingerprint density at radius 3 is 2.75 bits per heavy atom. The Labute approximate surface area is 141 Å². The topological polar surface area (TPSA) is 28.8 Å². The molecule has 3 heteroatoms. The van der Waals surface area contributed by atoms with Crippen LogP contribution in [0.4, 0.5) is 4.39 Å². The molecule has 1 N–H and O–H groups in total. The molecule has 4 rings (SSSR count). The summed E-state index contributed by atoms with van der Waals surface area (Å²) in [6.07, 6.45) is 5.28. The van der Waals surface area contributed by atoms with E-state index in [4.69, 9.17) is 5.41 Å². The van der Waals surface area contributed by atoms with Gasteiger partial charge in [-0.15, -0.1) is 0 Å². The summed E-state index contributed by atoms with van der Waals surface area (Å²) >= 11 is 0. The first-order chi connectivity index (χ1) is 11.6. The van der Waals surface area contributed by atoms with Gasteiger partial charge in [0.1, 0.15) is 5.82 Å². The van der Waals surface area contributed by atoms with Crippen LogP contribution in [0, 0.1) is 11.2 Å². The van der Waals surface area contributed by atoms with Crippen LogP contribution in [0.3, 0.4) is 0 Å².